The van der Waals surface area contributed by atoms with Crippen molar-refractivity contribution in [3.8, 4) is 0 Å². The molecule has 0 aliphatic heterocycles. The van der Waals surface area contributed by atoms with Crippen molar-refractivity contribution in [2.75, 3.05) is 13.1 Å². The molecule has 2 unspecified atom stereocenters. The highest BCUT2D eigenvalue weighted by Crippen LogP contribution is 2.37. The molecule has 0 spiro atoms. The van der Waals surface area contributed by atoms with Gasteiger partial charge < -0.3 is 11.1 Å². The Labute approximate surface area is 68.9 Å². The second-order valence-corrected chi connectivity index (χ2v) is 3.47. The van der Waals surface area contributed by atoms with Gasteiger partial charge in [-0.25, -0.2) is 0 Å². The van der Waals surface area contributed by atoms with Crippen molar-refractivity contribution in [2.24, 2.45) is 11.7 Å². The summed E-state index contributed by atoms with van der Waals surface area (Å²) in [7, 11) is 0. The van der Waals surface area contributed by atoms with Gasteiger partial charge >= 0.3 is 0 Å². The molecule has 0 saturated heterocycles. The third kappa shape index (κ3) is 1.47. The summed E-state index contributed by atoms with van der Waals surface area (Å²) in [5.74, 6) is 0.729. The van der Waals surface area contributed by atoms with Gasteiger partial charge in [0.15, 0.2) is 0 Å². The Morgan fingerprint density at radius 3 is 2.82 bits per heavy atom. The van der Waals surface area contributed by atoms with E-state index < -0.39 is 0 Å². The monoisotopic (exact) mass is 154 g/mol. The van der Waals surface area contributed by atoms with Gasteiger partial charge in [-0.15, -0.1) is 6.58 Å². The molecule has 2 nitrogen and oxygen atoms in total. The van der Waals surface area contributed by atoms with Crippen molar-refractivity contribution in [1.82, 2.24) is 5.32 Å². The highest BCUT2D eigenvalue weighted by Gasteiger charge is 2.41. The molecule has 0 amide bonds. The number of nitrogens with one attached hydrogen (secondary N) is 1. The molecule has 1 aliphatic carbocycles. The molecule has 64 valence electrons. The van der Waals surface area contributed by atoms with E-state index in [1.54, 1.807) is 0 Å². The maximum absolute atomic E-state index is 5.70. The summed E-state index contributed by atoms with van der Waals surface area (Å²) in [4.78, 5) is 0. The van der Waals surface area contributed by atoms with Crippen LogP contribution in [-0.4, -0.2) is 18.6 Å². The first-order chi connectivity index (χ1) is 5.25. The maximum atomic E-state index is 5.70. The summed E-state index contributed by atoms with van der Waals surface area (Å²) in [6.45, 7) is 7.56. The van der Waals surface area contributed by atoms with Gasteiger partial charge in [0.05, 0.1) is 0 Å². The molecule has 0 radical (unpaired) electrons. The van der Waals surface area contributed by atoms with Gasteiger partial charge in [0.2, 0.25) is 0 Å². The Bertz CT molecular complexity index is 140. The summed E-state index contributed by atoms with van der Waals surface area (Å²) in [6, 6.07) is 0. The molecule has 1 rings (SSSR count). The maximum Gasteiger partial charge on any atom is 0.0332 e. The fourth-order valence-corrected chi connectivity index (χ4v) is 1.69. The minimum atomic E-state index is 0.230. The van der Waals surface area contributed by atoms with Crippen molar-refractivity contribution in [3.05, 3.63) is 12.7 Å². The minimum absolute atomic E-state index is 0.230. The van der Waals surface area contributed by atoms with Crippen LogP contribution in [0, 0.1) is 5.92 Å². The molecular formula is C9H18N2. The van der Waals surface area contributed by atoms with Crippen molar-refractivity contribution < 1.29 is 0 Å². The van der Waals surface area contributed by atoms with Gasteiger partial charge in [-0.1, -0.05) is 13.0 Å². The van der Waals surface area contributed by atoms with Crippen LogP contribution >= 0.6 is 0 Å². The van der Waals surface area contributed by atoms with E-state index in [9.17, 15) is 0 Å². The predicted octanol–water partition coefficient (Wildman–Crippen LogP) is 0.889. The molecule has 0 bridgehead atoms. The molecule has 11 heavy (non-hydrogen) atoms. The van der Waals surface area contributed by atoms with Gasteiger partial charge in [0.25, 0.3) is 0 Å². The molecule has 0 aromatic heterocycles. The smallest absolute Gasteiger partial charge is 0.0332 e. The van der Waals surface area contributed by atoms with Crippen molar-refractivity contribution in [1.29, 1.82) is 0 Å². The van der Waals surface area contributed by atoms with Crippen LogP contribution in [0.4, 0.5) is 0 Å². The zero-order chi connectivity index (χ0) is 8.32. The van der Waals surface area contributed by atoms with Crippen LogP contribution in [0.25, 0.3) is 0 Å². The van der Waals surface area contributed by atoms with E-state index in [0.29, 0.717) is 0 Å². The van der Waals surface area contributed by atoms with Gasteiger partial charge in [-0.05, 0) is 18.8 Å². The molecule has 1 saturated carbocycles. The topological polar surface area (TPSA) is 38.0 Å². The van der Waals surface area contributed by atoms with Gasteiger partial charge in [0, 0.05) is 18.6 Å². The highest BCUT2D eigenvalue weighted by molar-refractivity contribution is 5.02. The Hall–Kier alpha value is -0.340. The average molecular weight is 154 g/mol. The lowest BCUT2D eigenvalue weighted by Crippen LogP contribution is -2.61. The summed E-state index contributed by atoms with van der Waals surface area (Å²) < 4.78 is 0. The lowest BCUT2D eigenvalue weighted by atomic mass is 9.67. The Kier molecular flexibility index (Phi) is 2.68. The molecule has 1 aliphatic rings. The number of rotatable bonds is 4. The van der Waals surface area contributed by atoms with E-state index in [-0.39, 0.29) is 5.54 Å². The third-order valence-corrected chi connectivity index (χ3v) is 2.93. The van der Waals surface area contributed by atoms with Crippen LogP contribution in [0.3, 0.4) is 0 Å². The fraction of sp³-hybridized carbons (Fsp3) is 0.778. The van der Waals surface area contributed by atoms with Gasteiger partial charge in [0.1, 0.15) is 0 Å². The van der Waals surface area contributed by atoms with Gasteiger partial charge in [-0.3, -0.25) is 0 Å². The highest BCUT2D eigenvalue weighted by atomic mass is 15.0. The predicted molar refractivity (Wildman–Crippen MR) is 48.4 cm³/mol. The second-order valence-electron chi connectivity index (χ2n) is 3.47. The number of hydrogen-bond acceptors (Lipinski definition) is 2. The Balaban J connectivity index is 2.40. The van der Waals surface area contributed by atoms with E-state index in [0.717, 1.165) is 19.0 Å². The minimum Gasteiger partial charge on any atom is -0.329 e. The molecule has 0 aromatic carbocycles. The van der Waals surface area contributed by atoms with Crippen LogP contribution in [-0.2, 0) is 0 Å². The number of hydrogen-bond donors (Lipinski definition) is 2. The van der Waals surface area contributed by atoms with Gasteiger partial charge in [-0.2, -0.15) is 0 Å². The van der Waals surface area contributed by atoms with Crippen LogP contribution in [0.2, 0.25) is 0 Å². The number of nitrogens with two attached hydrogens (primary N) is 1. The molecule has 0 aromatic rings. The van der Waals surface area contributed by atoms with Crippen LogP contribution in [0.5, 0.6) is 0 Å². The van der Waals surface area contributed by atoms with Crippen molar-refractivity contribution in [2.45, 2.75) is 25.3 Å². The molecule has 1 fully saturated rings. The largest absolute Gasteiger partial charge is 0.329 e. The van der Waals surface area contributed by atoms with Crippen LogP contribution in [0.1, 0.15) is 19.8 Å². The van der Waals surface area contributed by atoms with E-state index in [1.165, 1.54) is 12.8 Å². The van der Waals surface area contributed by atoms with E-state index >= 15 is 0 Å². The van der Waals surface area contributed by atoms with E-state index in [1.807, 2.05) is 6.08 Å². The summed E-state index contributed by atoms with van der Waals surface area (Å²) in [5.41, 5.74) is 5.93. The first kappa shape index (κ1) is 8.75. The first-order valence-corrected chi connectivity index (χ1v) is 4.31. The standard InChI is InChI=1S/C9H18N2/c1-3-6-11-9(7-10)5-4-8(9)2/h3,8,11H,1,4-7,10H2,2H3. The molecular weight excluding hydrogens is 136 g/mol. The third-order valence-electron chi connectivity index (χ3n) is 2.93. The summed E-state index contributed by atoms with van der Waals surface area (Å²) in [6.07, 6.45) is 4.42. The fourth-order valence-electron chi connectivity index (χ4n) is 1.69. The molecule has 3 N–H and O–H groups in total. The second kappa shape index (κ2) is 3.37. The van der Waals surface area contributed by atoms with Crippen LogP contribution < -0.4 is 11.1 Å². The summed E-state index contributed by atoms with van der Waals surface area (Å²) >= 11 is 0. The normalized spacial score (nSPS) is 36.4. The zero-order valence-electron chi connectivity index (χ0n) is 7.27. The Morgan fingerprint density at radius 2 is 2.55 bits per heavy atom. The van der Waals surface area contributed by atoms with Crippen molar-refractivity contribution in [3.63, 3.8) is 0 Å². The average Bonchev–Trinajstić information content (AvgIpc) is 2.04. The van der Waals surface area contributed by atoms with Crippen molar-refractivity contribution >= 4 is 0 Å². The van der Waals surface area contributed by atoms with E-state index in [2.05, 4.69) is 18.8 Å². The molecule has 0 heterocycles. The quantitative estimate of drug-likeness (QED) is 0.590. The SMILES string of the molecule is C=CCNC1(CN)CCC1C. The zero-order valence-corrected chi connectivity index (χ0v) is 7.27. The molecule has 2 heteroatoms. The molecule has 2 atom stereocenters. The van der Waals surface area contributed by atoms with Crippen LogP contribution in [0.15, 0.2) is 12.7 Å². The summed E-state index contributed by atoms with van der Waals surface area (Å²) in [5, 5.41) is 3.44. The lowest BCUT2D eigenvalue weighted by Gasteiger charge is -2.48. The van der Waals surface area contributed by atoms with E-state index in [4.69, 9.17) is 5.73 Å². The lowest BCUT2D eigenvalue weighted by molar-refractivity contribution is 0.110. The first-order valence-electron chi connectivity index (χ1n) is 4.31. The Morgan fingerprint density at radius 1 is 1.82 bits per heavy atom.